The number of hydrogen-bond acceptors (Lipinski definition) is 4. The summed E-state index contributed by atoms with van der Waals surface area (Å²) in [6.07, 6.45) is 0.613. The first-order valence-corrected chi connectivity index (χ1v) is 8.82. The van der Waals surface area contributed by atoms with Crippen LogP contribution >= 0.6 is 34.5 Å². The molecule has 2 amide bonds. The van der Waals surface area contributed by atoms with E-state index in [0.29, 0.717) is 38.6 Å². The highest BCUT2D eigenvalue weighted by molar-refractivity contribution is 7.15. The van der Waals surface area contributed by atoms with E-state index in [1.807, 2.05) is 0 Å². The molecule has 1 atom stereocenters. The van der Waals surface area contributed by atoms with Gasteiger partial charge < -0.3 is 15.4 Å². The van der Waals surface area contributed by atoms with Crippen LogP contribution in [0.5, 0.6) is 5.75 Å². The lowest BCUT2D eigenvalue weighted by Gasteiger charge is -2.16. The van der Waals surface area contributed by atoms with E-state index in [4.69, 9.17) is 33.7 Å². The molecule has 1 aromatic heterocycles. The van der Waals surface area contributed by atoms with Crippen molar-refractivity contribution in [1.82, 2.24) is 4.90 Å². The summed E-state index contributed by atoms with van der Waals surface area (Å²) in [4.78, 5) is 26.2. The second-order valence-electron chi connectivity index (χ2n) is 5.38. The molecule has 1 aliphatic rings. The SMILES string of the molecule is NC(=O)c1ccc(C(=O)N2CCC(Oc3ccc(Cl)c(Cl)c3)C2)s1. The van der Waals surface area contributed by atoms with Gasteiger partial charge in [-0.05, 0) is 24.3 Å². The predicted octanol–water partition coefficient (Wildman–Crippen LogP) is 3.45. The van der Waals surface area contributed by atoms with Crippen molar-refractivity contribution in [2.75, 3.05) is 13.1 Å². The van der Waals surface area contributed by atoms with Gasteiger partial charge in [-0.15, -0.1) is 11.3 Å². The molecule has 24 heavy (non-hydrogen) atoms. The van der Waals surface area contributed by atoms with Crippen LogP contribution in [0, 0.1) is 0 Å². The molecule has 1 fully saturated rings. The molecule has 0 saturated carbocycles. The normalized spacial score (nSPS) is 17.1. The fourth-order valence-electron chi connectivity index (χ4n) is 2.49. The molecular formula is C16H14Cl2N2O3S. The summed E-state index contributed by atoms with van der Waals surface area (Å²) in [6, 6.07) is 8.28. The highest BCUT2D eigenvalue weighted by Crippen LogP contribution is 2.28. The molecule has 0 spiro atoms. The van der Waals surface area contributed by atoms with Gasteiger partial charge in [0.25, 0.3) is 11.8 Å². The molecule has 5 nitrogen and oxygen atoms in total. The molecule has 0 bridgehead atoms. The number of carbonyl (C=O) groups excluding carboxylic acids is 2. The number of halogens is 2. The van der Waals surface area contributed by atoms with Crippen LogP contribution in [0.15, 0.2) is 30.3 Å². The van der Waals surface area contributed by atoms with Gasteiger partial charge in [0.15, 0.2) is 0 Å². The topological polar surface area (TPSA) is 72.6 Å². The molecule has 0 radical (unpaired) electrons. The first kappa shape index (κ1) is 17.1. The number of primary amides is 1. The van der Waals surface area contributed by atoms with Gasteiger partial charge in [0, 0.05) is 19.0 Å². The zero-order valence-corrected chi connectivity index (χ0v) is 14.8. The van der Waals surface area contributed by atoms with Crippen molar-refractivity contribution in [2.45, 2.75) is 12.5 Å². The fourth-order valence-corrected chi connectivity index (χ4v) is 3.61. The molecule has 2 aromatic rings. The van der Waals surface area contributed by atoms with Crippen LogP contribution in [0.2, 0.25) is 10.0 Å². The van der Waals surface area contributed by atoms with E-state index in [1.165, 1.54) is 0 Å². The number of nitrogens with zero attached hydrogens (tertiary/aromatic N) is 1. The molecule has 2 N–H and O–H groups in total. The number of likely N-dealkylation sites (tertiary alicyclic amines) is 1. The number of carbonyl (C=O) groups is 2. The Morgan fingerprint density at radius 2 is 1.92 bits per heavy atom. The Balaban J connectivity index is 1.62. The Kier molecular flexibility index (Phi) is 4.99. The Bertz CT molecular complexity index is 793. The maximum Gasteiger partial charge on any atom is 0.264 e. The first-order chi connectivity index (χ1) is 11.4. The summed E-state index contributed by atoms with van der Waals surface area (Å²) in [5, 5.41) is 0.896. The van der Waals surface area contributed by atoms with Crippen molar-refractivity contribution in [2.24, 2.45) is 5.73 Å². The third-order valence-electron chi connectivity index (χ3n) is 3.69. The smallest absolute Gasteiger partial charge is 0.264 e. The first-order valence-electron chi connectivity index (χ1n) is 7.24. The van der Waals surface area contributed by atoms with Crippen molar-refractivity contribution in [3.63, 3.8) is 0 Å². The molecule has 8 heteroatoms. The lowest BCUT2D eigenvalue weighted by molar-refractivity contribution is 0.0777. The van der Waals surface area contributed by atoms with E-state index in [9.17, 15) is 9.59 Å². The van der Waals surface area contributed by atoms with Crippen LogP contribution in [-0.4, -0.2) is 35.9 Å². The van der Waals surface area contributed by atoms with Gasteiger partial charge in [0.2, 0.25) is 0 Å². The Morgan fingerprint density at radius 3 is 2.58 bits per heavy atom. The fraction of sp³-hybridized carbons (Fsp3) is 0.250. The maximum absolute atomic E-state index is 12.5. The molecule has 1 unspecified atom stereocenters. The molecule has 1 saturated heterocycles. The summed E-state index contributed by atoms with van der Waals surface area (Å²) in [7, 11) is 0. The van der Waals surface area contributed by atoms with E-state index in [-0.39, 0.29) is 12.0 Å². The van der Waals surface area contributed by atoms with Crippen LogP contribution in [-0.2, 0) is 0 Å². The van der Waals surface area contributed by atoms with Crippen molar-refractivity contribution >= 4 is 46.4 Å². The summed E-state index contributed by atoms with van der Waals surface area (Å²) in [5.41, 5.74) is 5.22. The van der Waals surface area contributed by atoms with Gasteiger partial charge in [-0.1, -0.05) is 23.2 Å². The van der Waals surface area contributed by atoms with Crippen LogP contribution in [0.25, 0.3) is 0 Å². The van der Waals surface area contributed by atoms with Gasteiger partial charge >= 0.3 is 0 Å². The minimum absolute atomic E-state index is 0.109. The number of benzene rings is 1. The number of hydrogen-bond donors (Lipinski definition) is 1. The molecular weight excluding hydrogens is 371 g/mol. The van der Waals surface area contributed by atoms with Crippen LogP contribution in [0.4, 0.5) is 0 Å². The number of ether oxygens (including phenoxy) is 1. The van der Waals surface area contributed by atoms with Gasteiger partial charge in [-0.25, -0.2) is 0 Å². The third kappa shape index (κ3) is 3.66. The van der Waals surface area contributed by atoms with Crippen molar-refractivity contribution in [3.05, 3.63) is 50.1 Å². The highest BCUT2D eigenvalue weighted by Gasteiger charge is 2.29. The Morgan fingerprint density at radius 1 is 1.17 bits per heavy atom. The summed E-state index contributed by atoms with van der Waals surface area (Å²) >= 11 is 13.0. The van der Waals surface area contributed by atoms with Crippen LogP contribution in [0.1, 0.15) is 25.8 Å². The van der Waals surface area contributed by atoms with Crippen molar-refractivity contribution in [3.8, 4) is 5.75 Å². The quantitative estimate of drug-likeness (QED) is 0.876. The Hall–Kier alpha value is -1.76. The number of amides is 2. The van der Waals surface area contributed by atoms with Gasteiger partial charge in [0.1, 0.15) is 11.9 Å². The monoisotopic (exact) mass is 384 g/mol. The molecule has 3 rings (SSSR count). The third-order valence-corrected chi connectivity index (χ3v) is 5.51. The minimum atomic E-state index is -0.527. The lowest BCUT2D eigenvalue weighted by atomic mass is 10.3. The van der Waals surface area contributed by atoms with E-state index in [0.717, 1.165) is 17.8 Å². The summed E-state index contributed by atoms with van der Waals surface area (Å²) in [6.45, 7) is 1.07. The standard InChI is InChI=1S/C16H14Cl2N2O3S/c17-11-2-1-9(7-12(11)18)23-10-5-6-20(8-10)16(22)14-4-3-13(24-14)15(19)21/h1-4,7,10H,5-6,8H2,(H2,19,21). The van der Waals surface area contributed by atoms with Crippen LogP contribution in [0.3, 0.4) is 0 Å². The number of thiophene rings is 1. The van der Waals surface area contributed by atoms with E-state index >= 15 is 0 Å². The van der Waals surface area contributed by atoms with Crippen molar-refractivity contribution < 1.29 is 14.3 Å². The number of rotatable bonds is 4. The number of nitrogens with two attached hydrogens (primary N) is 1. The second kappa shape index (κ2) is 7.01. The van der Waals surface area contributed by atoms with Gasteiger partial charge in [-0.2, -0.15) is 0 Å². The molecule has 1 aromatic carbocycles. The van der Waals surface area contributed by atoms with Gasteiger partial charge in [0.05, 0.1) is 26.3 Å². The average Bonchev–Trinajstić information content (AvgIpc) is 3.20. The van der Waals surface area contributed by atoms with E-state index in [1.54, 1.807) is 35.2 Å². The molecule has 1 aliphatic heterocycles. The van der Waals surface area contributed by atoms with Crippen LogP contribution < -0.4 is 10.5 Å². The minimum Gasteiger partial charge on any atom is -0.488 e. The maximum atomic E-state index is 12.5. The van der Waals surface area contributed by atoms with Gasteiger partial charge in [-0.3, -0.25) is 9.59 Å². The zero-order chi connectivity index (χ0) is 17.3. The molecule has 0 aliphatic carbocycles. The van der Waals surface area contributed by atoms with Crippen molar-refractivity contribution in [1.29, 1.82) is 0 Å². The summed E-state index contributed by atoms with van der Waals surface area (Å²) < 4.78 is 5.86. The molecule has 126 valence electrons. The highest BCUT2D eigenvalue weighted by atomic mass is 35.5. The molecule has 2 heterocycles. The van der Waals surface area contributed by atoms with E-state index < -0.39 is 5.91 Å². The second-order valence-corrected chi connectivity index (χ2v) is 7.28. The predicted molar refractivity (Wildman–Crippen MR) is 94.2 cm³/mol. The summed E-state index contributed by atoms with van der Waals surface area (Å²) in [5.74, 6) is -0.0233. The van der Waals surface area contributed by atoms with E-state index in [2.05, 4.69) is 0 Å². The zero-order valence-electron chi connectivity index (χ0n) is 12.5. The lowest BCUT2D eigenvalue weighted by Crippen LogP contribution is -2.30. The largest absolute Gasteiger partial charge is 0.488 e. The average molecular weight is 385 g/mol. The Labute approximate surface area is 152 Å².